The summed E-state index contributed by atoms with van der Waals surface area (Å²) in [6, 6.07) is 5.11. The van der Waals surface area contributed by atoms with Gasteiger partial charge in [-0.1, -0.05) is 19.9 Å². The van der Waals surface area contributed by atoms with E-state index in [0.717, 1.165) is 12.8 Å². The van der Waals surface area contributed by atoms with Gasteiger partial charge in [-0.3, -0.25) is 10.1 Å². The van der Waals surface area contributed by atoms with Crippen molar-refractivity contribution in [3.8, 4) is 5.75 Å². The van der Waals surface area contributed by atoms with E-state index in [9.17, 15) is 10.1 Å². The van der Waals surface area contributed by atoms with E-state index < -0.39 is 4.92 Å². The van der Waals surface area contributed by atoms with Crippen LogP contribution in [0.15, 0.2) is 18.2 Å². The highest BCUT2D eigenvalue weighted by Gasteiger charge is 2.21. The quantitative estimate of drug-likeness (QED) is 0.595. The topological polar surface area (TPSA) is 64.4 Å². The van der Waals surface area contributed by atoms with E-state index in [4.69, 9.17) is 4.74 Å². The first kappa shape index (κ1) is 14.3. The molecule has 0 spiro atoms. The van der Waals surface area contributed by atoms with Crippen molar-refractivity contribution in [3.05, 3.63) is 28.3 Å². The SMILES string of the molecule is CCCNc1cccc(OC(C)CC)c1[N+](=O)[O-]. The summed E-state index contributed by atoms with van der Waals surface area (Å²) >= 11 is 0. The lowest BCUT2D eigenvalue weighted by Crippen LogP contribution is -2.12. The van der Waals surface area contributed by atoms with Crippen molar-refractivity contribution in [2.75, 3.05) is 11.9 Å². The number of nitrogens with one attached hydrogen (secondary N) is 1. The van der Waals surface area contributed by atoms with Gasteiger partial charge in [0.15, 0.2) is 5.75 Å². The Balaban J connectivity index is 3.05. The van der Waals surface area contributed by atoms with Crippen molar-refractivity contribution in [3.63, 3.8) is 0 Å². The highest BCUT2D eigenvalue weighted by molar-refractivity contribution is 5.68. The molecule has 0 bridgehead atoms. The first-order valence-electron chi connectivity index (χ1n) is 6.28. The molecule has 0 radical (unpaired) electrons. The Labute approximate surface area is 107 Å². The van der Waals surface area contributed by atoms with Gasteiger partial charge in [0.2, 0.25) is 0 Å². The Morgan fingerprint density at radius 3 is 2.72 bits per heavy atom. The van der Waals surface area contributed by atoms with E-state index in [1.54, 1.807) is 18.2 Å². The lowest BCUT2D eigenvalue weighted by atomic mass is 10.2. The molecule has 1 aromatic rings. The summed E-state index contributed by atoms with van der Waals surface area (Å²) in [5.74, 6) is 0.329. The molecule has 5 nitrogen and oxygen atoms in total. The van der Waals surface area contributed by atoms with Gasteiger partial charge in [-0.2, -0.15) is 0 Å². The molecule has 1 aromatic carbocycles. The minimum atomic E-state index is -0.393. The van der Waals surface area contributed by atoms with E-state index in [1.807, 2.05) is 20.8 Å². The molecule has 0 fully saturated rings. The van der Waals surface area contributed by atoms with Gasteiger partial charge in [-0.25, -0.2) is 0 Å². The van der Waals surface area contributed by atoms with Crippen LogP contribution in [0.3, 0.4) is 0 Å². The average molecular weight is 252 g/mol. The molecular weight excluding hydrogens is 232 g/mol. The molecule has 1 atom stereocenters. The van der Waals surface area contributed by atoms with Crippen molar-refractivity contribution in [1.29, 1.82) is 0 Å². The maximum atomic E-state index is 11.2. The Kier molecular flexibility index (Phi) is 5.42. The molecule has 0 aliphatic carbocycles. The summed E-state index contributed by atoms with van der Waals surface area (Å²) in [7, 11) is 0. The number of benzene rings is 1. The molecular formula is C13H20N2O3. The minimum absolute atomic E-state index is 0.0197. The van der Waals surface area contributed by atoms with E-state index >= 15 is 0 Å². The van der Waals surface area contributed by atoms with Crippen LogP contribution in [0.2, 0.25) is 0 Å². The van der Waals surface area contributed by atoms with Crippen LogP contribution in [0.5, 0.6) is 5.75 Å². The predicted molar refractivity (Wildman–Crippen MR) is 72.3 cm³/mol. The van der Waals surface area contributed by atoms with Crippen LogP contribution < -0.4 is 10.1 Å². The number of para-hydroxylation sites is 1. The minimum Gasteiger partial charge on any atom is -0.484 e. The fraction of sp³-hybridized carbons (Fsp3) is 0.538. The van der Waals surface area contributed by atoms with Gasteiger partial charge in [-0.05, 0) is 31.9 Å². The highest BCUT2D eigenvalue weighted by atomic mass is 16.6. The number of nitrogens with zero attached hydrogens (tertiary/aromatic N) is 1. The number of nitro groups is 1. The van der Waals surface area contributed by atoms with Crippen molar-refractivity contribution >= 4 is 11.4 Å². The Morgan fingerprint density at radius 2 is 2.17 bits per heavy atom. The van der Waals surface area contributed by atoms with E-state index in [0.29, 0.717) is 18.0 Å². The van der Waals surface area contributed by atoms with Crippen molar-refractivity contribution in [1.82, 2.24) is 0 Å². The summed E-state index contributed by atoms with van der Waals surface area (Å²) in [4.78, 5) is 10.8. The monoisotopic (exact) mass is 252 g/mol. The van der Waals surface area contributed by atoms with Gasteiger partial charge in [-0.15, -0.1) is 0 Å². The molecule has 0 heterocycles. The number of nitro benzene ring substituents is 1. The second kappa shape index (κ2) is 6.83. The highest BCUT2D eigenvalue weighted by Crippen LogP contribution is 2.35. The van der Waals surface area contributed by atoms with Gasteiger partial charge in [0.25, 0.3) is 0 Å². The van der Waals surface area contributed by atoms with Crippen LogP contribution in [-0.4, -0.2) is 17.6 Å². The average Bonchev–Trinajstić information content (AvgIpc) is 2.35. The number of anilines is 1. The van der Waals surface area contributed by atoms with Gasteiger partial charge >= 0.3 is 5.69 Å². The zero-order valence-corrected chi connectivity index (χ0v) is 11.1. The Bertz CT molecular complexity index is 407. The Morgan fingerprint density at radius 1 is 1.44 bits per heavy atom. The van der Waals surface area contributed by atoms with E-state index in [2.05, 4.69) is 5.32 Å². The Hall–Kier alpha value is -1.78. The molecule has 0 aromatic heterocycles. The summed E-state index contributed by atoms with van der Waals surface area (Å²) in [5, 5.41) is 14.2. The van der Waals surface area contributed by atoms with Crippen molar-refractivity contribution < 1.29 is 9.66 Å². The van der Waals surface area contributed by atoms with Crippen LogP contribution in [0.25, 0.3) is 0 Å². The standard InChI is InChI=1S/C13H20N2O3/c1-4-9-14-11-7-6-8-12(13(11)15(16)17)18-10(3)5-2/h6-8,10,14H,4-5,9H2,1-3H3. The zero-order valence-electron chi connectivity index (χ0n) is 11.1. The maximum Gasteiger partial charge on any atom is 0.333 e. The van der Waals surface area contributed by atoms with Crippen LogP contribution >= 0.6 is 0 Å². The fourth-order valence-electron chi connectivity index (χ4n) is 1.51. The number of hydrogen-bond donors (Lipinski definition) is 1. The summed E-state index contributed by atoms with van der Waals surface area (Å²) in [5.41, 5.74) is 0.536. The fourth-order valence-corrected chi connectivity index (χ4v) is 1.51. The molecule has 18 heavy (non-hydrogen) atoms. The first-order valence-corrected chi connectivity index (χ1v) is 6.28. The summed E-state index contributed by atoms with van der Waals surface area (Å²) in [6.45, 7) is 6.59. The molecule has 1 rings (SSSR count). The molecule has 0 saturated heterocycles. The molecule has 100 valence electrons. The van der Waals surface area contributed by atoms with Crippen molar-refractivity contribution in [2.24, 2.45) is 0 Å². The zero-order chi connectivity index (χ0) is 13.5. The largest absolute Gasteiger partial charge is 0.484 e. The summed E-state index contributed by atoms with van der Waals surface area (Å²) in [6.07, 6.45) is 1.68. The van der Waals surface area contributed by atoms with Crippen LogP contribution in [0, 0.1) is 10.1 Å². The normalized spacial score (nSPS) is 11.9. The molecule has 0 amide bonds. The number of rotatable bonds is 7. The lowest BCUT2D eigenvalue weighted by molar-refractivity contribution is -0.385. The lowest BCUT2D eigenvalue weighted by Gasteiger charge is -2.14. The molecule has 1 N–H and O–H groups in total. The molecule has 5 heteroatoms. The molecule has 1 unspecified atom stereocenters. The number of hydrogen-bond acceptors (Lipinski definition) is 4. The second-order valence-corrected chi connectivity index (χ2v) is 4.17. The van der Waals surface area contributed by atoms with E-state index in [-0.39, 0.29) is 11.8 Å². The second-order valence-electron chi connectivity index (χ2n) is 4.17. The van der Waals surface area contributed by atoms with Gasteiger partial charge in [0, 0.05) is 6.54 Å². The van der Waals surface area contributed by atoms with Crippen LogP contribution in [0.1, 0.15) is 33.6 Å². The predicted octanol–water partition coefficient (Wildman–Crippen LogP) is 3.59. The third-order valence-electron chi connectivity index (χ3n) is 2.65. The van der Waals surface area contributed by atoms with E-state index in [1.165, 1.54) is 0 Å². The third kappa shape index (κ3) is 3.61. The van der Waals surface area contributed by atoms with Crippen LogP contribution in [0.4, 0.5) is 11.4 Å². The summed E-state index contributed by atoms with van der Waals surface area (Å²) < 4.78 is 5.59. The first-order chi connectivity index (χ1) is 8.60. The van der Waals surface area contributed by atoms with Crippen molar-refractivity contribution in [2.45, 2.75) is 39.7 Å². The van der Waals surface area contributed by atoms with Gasteiger partial charge < -0.3 is 10.1 Å². The van der Waals surface area contributed by atoms with Gasteiger partial charge in [0.05, 0.1) is 11.0 Å². The smallest absolute Gasteiger partial charge is 0.333 e. The molecule has 0 aliphatic rings. The van der Waals surface area contributed by atoms with Gasteiger partial charge in [0.1, 0.15) is 5.69 Å². The molecule has 0 aliphatic heterocycles. The number of ether oxygens (including phenoxy) is 1. The third-order valence-corrected chi connectivity index (χ3v) is 2.65. The molecule has 0 saturated carbocycles. The van der Waals surface area contributed by atoms with Crippen LogP contribution in [-0.2, 0) is 0 Å². The maximum absolute atomic E-state index is 11.2.